The molecule has 4 nitrogen and oxygen atoms in total. The highest BCUT2D eigenvalue weighted by atomic mass is 35.5. The average Bonchev–Trinajstić information content (AvgIpc) is 2.69. The standard InChI is InChI=1S/C24H28Cl4N4S2/c1-23(2)10-16(30-22(34)32-20-7-5-15(26)9-18(20)28)11-24(3,12-23)13-29-21(33)31-19-6-4-14(25)8-17(19)27/h4-9,16H,10-13H2,1-3H3,(H2,29,31,33)(H2,30,32,34)/t16-,24+/m0/s1. The molecule has 10 heteroatoms. The zero-order chi connectivity index (χ0) is 25.1. The van der Waals surface area contributed by atoms with Gasteiger partial charge >= 0.3 is 0 Å². The van der Waals surface area contributed by atoms with Crippen LogP contribution in [0.4, 0.5) is 11.4 Å². The summed E-state index contributed by atoms with van der Waals surface area (Å²) in [6.07, 6.45) is 2.99. The summed E-state index contributed by atoms with van der Waals surface area (Å²) in [5.74, 6) is 0. The predicted molar refractivity (Wildman–Crippen MR) is 156 cm³/mol. The van der Waals surface area contributed by atoms with E-state index in [1.54, 1.807) is 24.3 Å². The molecule has 2 aromatic rings. The number of anilines is 2. The smallest absolute Gasteiger partial charge is 0.171 e. The van der Waals surface area contributed by atoms with Gasteiger partial charge in [-0.15, -0.1) is 0 Å². The maximum Gasteiger partial charge on any atom is 0.171 e. The van der Waals surface area contributed by atoms with Gasteiger partial charge in [-0.1, -0.05) is 67.2 Å². The molecule has 0 heterocycles. The third-order valence-corrected chi connectivity index (χ3v) is 7.38. The maximum absolute atomic E-state index is 6.28. The van der Waals surface area contributed by atoms with E-state index < -0.39 is 0 Å². The summed E-state index contributed by atoms with van der Waals surface area (Å²) in [7, 11) is 0. The van der Waals surface area contributed by atoms with Gasteiger partial charge in [-0.25, -0.2) is 0 Å². The van der Waals surface area contributed by atoms with Crippen molar-refractivity contribution in [2.45, 2.75) is 46.1 Å². The quantitative estimate of drug-likeness (QED) is 0.269. The Bertz CT molecular complexity index is 1080. The average molecular weight is 578 g/mol. The second-order valence-corrected chi connectivity index (χ2v) is 12.4. The Morgan fingerprint density at radius 3 is 1.91 bits per heavy atom. The number of hydrogen-bond donors (Lipinski definition) is 4. The van der Waals surface area contributed by atoms with Crippen LogP contribution in [0, 0.1) is 10.8 Å². The lowest BCUT2D eigenvalue weighted by atomic mass is 9.62. The van der Waals surface area contributed by atoms with Crippen LogP contribution in [0.3, 0.4) is 0 Å². The summed E-state index contributed by atoms with van der Waals surface area (Å²) in [4.78, 5) is 0. The summed E-state index contributed by atoms with van der Waals surface area (Å²) in [5.41, 5.74) is 1.58. The Balaban J connectivity index is 1.59. The van der Waals surface area contributed by atoms with Crippen molar-refractivity contribution >= 4 is 92.4 Å². The zero-order valence-electron chi connectivity index (χ0n) is 19.2. The molecule has 3 rings (SSSR count). The third-order valence-electron chi connectivity index (χ3n) is 5.81. The molecule has 0 amide bonds. The van der Waals surface area contributed by atoms with Crippen molar-refractivity contribution in [1.82, 2.24) is 10.6 Å². The van der Waals surface area contributed by atoms with Crippen LogP contribution in [0.5, 0.6) is 0 Å². The van der Waals surface area contributed by atoms with Gasteiger partial charge in [0, 0.05) is 22.6 Å². The van der Waals surface area contributed by atoms with Crippen LogP contribution in [-0.2, 0) is 0 Å². The Morgan fingerprint density at radius 2 is 1.38 bits per heavy atom. The van der Waals surface area contributed by atoms with Gasteiger partial charge in [0.2, 0.25) is 0 Å². The molecule has 184 valence electrons. The lowest BCUT2D eigenvalue weighted by molar-refractivity contribution is 0.0807. The van der Waals surface area contributed by atoms with Crippen LogP contribution >= 0.6 is 70.8 Å². The van der Waals surface area contributed by atoms with Crippen LogP contribution in [0.25, 0.3) is 0 Å². The third kappa shape index (κ3) is 8.00. The van der Waals surface area contributed by atoms with E-state index in [-0.39, 0.29) is 16.9 Å². The Kier molecular flexibility index (Phi) is 9.21. The molecule has 2 aromatic carbocycles. The van der Waals surface area contributed by atoms with E-state index in [1.165, 1.54) is 0 Å². The monoisotopic (exact) mass is 576 g/mol. The first kappa shape index (κ1) is 27.6. The molecule has 4 N–H and O–H groups in total. The number of halogens is 4. The van der Waals surface area contributed by atoms with Crippen molar-refractivity contribution in [2.75, 3.05) is 17.2 Å². The molecule has 0 radical (unpaired) electrons. The largest absolute Gasteiger partial charge is 0.362 e. The first-order valence-corrected chi connectivity index (χ1v) is 13.2. The Hall–Kier alpha value is -1.02. The lowest BCUT2D eigenvalue weighted by Crippen LogP contribution is -2.51. The number of rotatable bonds is 5. The normalized spacial score (nSPS) is 21.4. The number of benzene rings is 2. The van der Waals surface area contributed by atoms with E-state index in [1.807, 2.05) is 12.1 Å². The van der Waals surface area contributed by atoms with Gasteiger partial charge < -0.3 is 21.3 Å². The number of hydrogen-bond acceptors (Lipinski definition) is 2. The van der Waals surface area contributed by atoms with Crippen LogP contribution in [0.2, 0.25) is 20.1 Å². The van der Waals surface area contributed by atoms with Crippen molar-refractivity contribution in [2.24, 2.45) is 10.8 Å². The molecule has 2 atom stereocenters. The van der Waals surface area contributed by atoms with Crippen molar-refractivity contribution in [1.29, 1.82) is 0 Å². The SMILES string of the molecule is CC1(C)C[C@H](NC(=S)Nc2ccc(Cl)cc2Cl)C[C@@](C)(CNC(=S)Nc2ccc(Cl)cc2Cl)C1. The minimum absolute atomic E-state index is 0.00246. The molecule has 1 aliphatic carbocycles. The molecular formula is C24H28Cl4N4S2. The van der Waals surface area contributed by atoms with Gasteiger partial charge in [-0.2, -0.15) is 0 Å². The molecule has 1 saturated carbocycles. The molecule has 0 bridgehead atoms. The highest BCUT2D eigenvalue weighted by Crippen LogP contribution is 2.45. The van der Waals surface area contributed by atoms with Crippen molar-refractivity contribution < 1.29 is 0 Å². The molecule has 0 aromatic heterocycles. The summed E-state index contributed by atoms with van der Waals surface area (Å²) in [6, 6.07) is 10.8. The Labute approximate surface area is 232 Å². The van der Waals surface area contributed by atoms with Gasteiger partial charge in [0.05, 0.1) is 21.4 Å². The molecule has 0 spiro atoms. The van der Waals surface area contributed by atoms with Crippen molar-refractivity contribution in [3.8, 4) is 0 Å². The summed E-state index contributed by atoms with van der Waals surface area (Å²) in [6.45, 7) is 7.57. The lowest BCUT2D eigenvalue weighted by Gasteiger charge is -2.47. The van der Waals surface area contributed by atoms with Crippen LogP contribution in [0.1, 0.15) is 40.0 Å². The van der Waals surface area contributed by atoms with E-state index in [2.05, 4.69) is 42.0 Å². The second kappa shape index (κ2) is 11.4. The molecule has 34 heavy (non-hydrogen) atoms. The summed E-state index contributed by atoms with van der Waals surface area (Å²) in [5, 5.41) is 16.5. The van der Waals surface area contributed by atoms with Gasteiger partial charge in [0.15, 0.2) is 10.2 Å². The van der Waals surface area contributed by atoms with Gasteiger partial charge in [-0.05, 0) is 90.9 Å². The van der Waals surface area contributed by atoms with E-state index in [4.69, 9.17) is 70.8 Å². The van der Waals surface area contributed by atoms with E-state index in [9.17, 15) is 0 Å². The van der Waals surface area contributed by atoms with Crippen molar-refractivity contribution in [3.05, 3.63) is 56.5 Å². The fourth-order valence-electron chi connectivity index (χ4n) is 4.86. The fourth-order valence-corrected chi connectivity index (χ4v) is 6.23. The van der Waals surface area contributed by atoms with E-state index in [0.29, 0.717) is 30.3 Å². The van der Waals surface area contributed by atoms with Crippen LogP contribution < -0.4 is 21.3 Å². The van der Waals surface area contributed by atoms with Crippen LogP contribution in [-0.4, -0.2) is 22.8 Å². The molecule has 0 unspecified atom stereocenters. The first-order chi connectivity index (χ1) is 15.8. The van der Waals surface area contributed by atoms with E-state index >= 15 is 0 Å². The van der Waals surface area contributed by atoms with Crippen molar-refractivity contribution in [3.63, 3.8) is 0 Å². The zero-order valence-corrected chi connectivity index (χ0v) is 23.9. The predicted octanol–water partition coefficient (Wildman–Crippen LogP) is 8.16. The molecule has 0 aliphatic heterocycles. The van der Waals surface area contributed by atoms with Crippen LogP contribution in [0.15, 0.2) is 36.4 Å². The highest BCUT2D eigenvalue weighted by Gasteiger charge is 2.41. The topological polar surface area (TPSA) is 48.1 Å². The van der Waals surface area contributed by atoms with Gasteiger partial charge in [-0.3, -0.25) is 0 Å². The first-order valence-electron chi connectivity index (χ1n) is 10.9. The summed E-state index contributed by atoms with van der Waals surface area (Å²) >= 11 is 35.6. The highest BCUT2D eigenvalue weighted by molar-refractivity contribution is 7.80. The molecule has 0 saturated heterocycles. The minimum Gasteiger partial charge on any atom is -0.362 e. The fraction of sp³-hybridized carbons (Fsp3) is 0.417. The van der Waals surface area contributed by atoms with Gasteiger partial charge in [0.25, 0.3) is 0 Å². The molecule has 1 aliphatic rings. The molecule has 1 fully saturated rings. The number of thiocarbonyl (C=S) groups is 2. The maximum atomic E-state index is 6.28. The Morgan fingerprint density at radius 1 is 0.853 bits per heavy atom. The minimum atomic E-state index is 0.00246. The number of nitrogens with one attached hydrogen (secondary N) is 4. The second-order valence-electron chi connectivity index (χ2n) is 9.91. The molecular weight excluding hydrogens is 550 g/mol. The van der Waals surface area contributed by atoms with E-state index in [0.717, 1.165) is 37.2 Å². The summed E-state index contributed by atoms with van der Waals surface area (Å²) < 4.78 is 0. The van der Waals surface area contributed by atoms with Gasteiger partial charge in [0.1, 0.15) is 0 Å².